The number of nitrogen functional groups attached to an aromatic ring is 1. The first-order chi connectivity index (χ1) is 14.7. The first kappa shape index (κ1) is 19.7. The molecule has 0 radical (unpaired) electrons. The number of pyridine rings is 1. The lowest BCUT2D eigenvalue weighted by molar-refractivity contribution is 0.0300. The van der Waals surface area contributed by atoms with E-state index in [1.165, 1.54) is 6.39 Å². The molecule has 1 amide bonds. The number of ether oxygens (including phenoxy) is 2. The lowest BCUT2D eigenvalue weighted by Gasteiger charge is -2.27. The van der Waals surface area contributed by atoms with Gasteiger partial charge in [-0.1, -0.05) is 0 Å². The van der Waals surface area contributed by atoms with Crippen LogP contribution in [0.5, 0.6) is 5.88 Å². The van der Waals surface area contributed by atoms with Crippen LogP contribution >= 0.6 is 0 Å². The summed E-state index contributed by atoms with van der Waals surface area (Å²) in [6.07, 6.45) is 3.05. The van der Waals surface area contributed by atoms with Gasteiger partial charge in [-0.15, -0.1) is 0 Å². The van der Waals surface area contributed by atoms with E-state index in [9.17, 15) is 4.79 Å². The highest BCUT2D eigenvalue weighted by Gasteiger charge is 2.26. The minimum Gasteiger partial charge on any atom is -0.477 e. The molecule has 1 fully saturated rings. The molecule has 3 N–H and O–H groups in total. The molecule has 0 spiro atoms. The molecule has 3 heterocycles. The molecule has 156 valence electrons. The van der Waals surface area contributed by atoms with Crippen molar-refractivity contribution in [3.05, 3.63) is 48.5 Å². The van der Waals surface area contributed by atoms with Gasteiger partial charge in [-0.3, -0.25) is 4.79 Å². The van der Waals surface area contributed by atoms with Crippen molar-refractivity contribution in [2.45, 2.75) is 6.92 Å². The molecule has 1 saturated heterocycles. The average Bonchev–Trinajstić information content (AvgIpc) is 3.30. The monoisotopic (exact) mass is 409 g/mol. The molecule has 1 aliphatic rings. The topological polar surface area (TPSA) is 116 Å². The maximum absolute atomic E-state index is 13.0. The molecule has 3 aromatic rings. The number of carbonyl (C=O) groups is 1. The summed E-state index contributed by atoms with van der Waals surface area (Å²) in [6, 6.07) is 9.24. The second-order valence-electron chi connectivity index (χ2n) is 6.68. The van der Waals surface area contributed by atoms with Gasteiger partial charge in [-0.25, -0.2) is 4.98 Å². The van der Waals surface area contributed by atoms with Gasteiger partial charge in [0, 0.05) is 30.4 Å². The van der Waals surface area contributed by atoms with E-state index in [2.05, 4.69) is 15.3 Å². The van der Waals surface area contributed by atoms with Crippen molar-refractivity contribution in [2.24, 2.45) is 0 Å². The Morgan fingerprint density at radius 1 is 1.27 bits per heavy atom. The summed E-state index contributed by atoms with van der Waals surface area (Å²) in [5.74, 6) is 1.19. The third-order valence-corrected chi connectivity index (χ3v) is 4.68. The van der Waals surface area contributed by atoms with Crippen LogP contribution in [0.25, 0.3) is 11.3 Å². The van der Waals surface area contributed by atoms with Crippen molar-refractivity contribution in [1.82, 2.24) is 14.9 Å². The van der Waals surface area contributed by atoms with E-state index in [1.807, 2.05) is 31.2 Å². The van der Waals surface area contributed by atoms with Crippen LogP contribution in [0.1, 0.15) is 17.3 Å². The molecule has 0 unspecified atom stereocenters. The first-order valence-electron chi connectivity index (χ1n) is 9.72. The number of nitrogens with zero attached hydrogens (tertiary/aromatic N) is 3. The largest absolute Gasteiger partial charge is 0.477 e. The second-order valence-corrected chi connectivity index (χ2v) is 6.68. The molecule has 0 aliphatic carbocycles. The molecule has 0 atom stereocenters. The highest BCUT2D eigenvalue weighted by molar-refractivity contribution is 6.02. The van der Waals surface area contributed by atoms with Gasteiger partial charge in [-0.05, 0) is 31.2 Å². The zero-order valence-corrected chi connectivity index (χ0v) is 16.6. The molecule has 2 aromatic heterocycles. The minimum atomic E-state index is -0.199. The lowest BCUT2D eigenvalue weighted by atomic mass is 10.1. The predicted octanol–water partition coefficient (Wildman–Crippen LogP) is 2.93. The fourth-order valence-corrected chi connectivity index (χ4v) is 3.21. The summed E-state index contributed by atoms with van der Waals surface area (Å²) in [6.45, 7) is 4.25. The number of benzene rings is 1. The van der Waals surface area contributed by atoms with Crippen LogP contribution in [0.15, 0.2) is 47.3 Å². The molecule has 9 nitrogen and oxygen atoms in total. The summed E-state index contributed by atoms with van der Waals surface area (Å²) < 4.78 is 16.3. The van der Waals surface area contributed by atoms with Gasteiger partial charge in [0.25, 0.3) is 5.91 Å². The Hall–Kier alpha value is -3.59. The van der Waals surface area contributed by atoms with Gasteiger partial charge in [0.05, 0.1) is 31.7 Å². The summed E-state index contributed by atoms with van der Waals surface area (Å²) in [5.41, 5.74) is 8.55. The summed E-state index contributed by atoms with van der Waals surface area (Å²) in [5, 5.41) is 3.20. The van der Waals surface area contributed by atoms with E-state index in [4.69, 9.17) is 19.6 Å². The van der Waals surface area contributed by atoms with Crippen LogP contribution in [0.2, 0.25) is 0 Å². The van der Waals surface area contributed by atoms with Gasteiger partial charge in [0.2, 0.25) is 5.88 Å². The molecular formula is C21H23N5O4. The number of hydrogen-bond donors (Lipinski definition) is 2. The lowest BCUT2D eigenvalue weighted by Crippen LogP contribution is -2.41. The SMILES string of the molecule is CCOc1nc(Nc2ccc(-c3cnco3)cc2)cc(N)c1C(=O)N1CCOCC1. The second kappa shape index (κ2) is 8.83. The number of oxazole rings is 1. The Labute approximate surface area is 173 Å². The van der Waals surface area contributed by atoms with Gasteiger partial charge in [0.15, 0.2) is 12.2 Å². The summed E-state index contributed by atoms with van der Waals surface area (Å²) in [4.78, 5) is 23.1. The third kappa shape index (κ3) is 4.20. The van der Waals surface area contributed by atoms with Gasteiger partial charge < -0.3 is 29.8 Å². The molecule has 0 saturated carbocycles. The molecule has 1 aliphatic heterocycles. The Morgan fingerprint density at radius 2 is 2.03 bits per heavy atom. The highest BCUT2D eigenvalue weighted by Crippen LogP contribution is 2.30. The van der Waals surface area contributed by atoms with E-state index in [-0.39, 0.29) is 17.4 Å². The van der Waals surface area contributed by atoms with Crippen molar-refractivity contribution >= 4 is 23.1 Å². The van der Waals surface area contributed by atoms with Gasteiger partial charge >= 0.3 is 0 Å². The van der Waals surface area contributed by atoms with E-state index >= 15 is 0 Å². The third-order valence-electron chi connectivity index (χ3n) is 4.68. The van der Waals surface area contributed by atoms with Crippen LogP contribution in [-0.2, 0) is 4.74 Å². The number of aromatic nitrogens is 2. The number of rotatable bonds is 6. The van der Waals surface area contributed by atoms with E-state index < -0.39 is 0 Å². The van der Waals surface area contributed by atoms with Gasteiger partial charge in [0.1, 0.15) is 11.4 Å². The quantitative estimate of drug-likeness (QED) is 0.638. The fraction of sp³-hybridized carbons (Fsp3) is 0.286. The summed E-state index contributed by atoms with van der Waals surface area (Å²) in [7, 11) is 0. The predicted molar refractivity (Wildman–Crippen MR) is 112 cm³/mol. The van der Waals surface area contributed by atoms with E-state index in [0.29, 0.717) is 50.2 Å². The van der Waals surface area contributed by atoms with Crippen LogP contribution in [-0.4, -0.2) is 53.7 Å². The average molecular weight is 409 g/mol. The normalized spacial score (nSPS) is 13.8. The van der Waals surface area contributed by atoms with Crippen LogP contribution < -0.4 is 15.8 Å². The highest BCUT2D eigenvalue weighted by atomic mass is 16.5. The summed E-state index contributed by atoms with van der Waals surface area (Å²) >= 11 is 0. The maximum atomic E-state index is 13.0. The molecule has 4 rings (SSSR count). The number of amides is 1. The van der Waals surface area contributed by atoms with Crippen molar-refractivity contribution in [1.29, 1.82) is 0 Å². The number of nitrogens with one attached hydrogen (secondary N) is 1. The van der Waals surface area contributed by atoms with Crippen molar-refractivity contribution in [3.63, 3.8) is 0 Å². The number of morpholine rings is 1. The number of anilines is 3. The Balaban J connectivity index is 1.57. The standard InChI is InChI=1S/C21H23N5O4/c1-2-29-20-19(21(27)26-7-9-28-10-8-26)16(22)11-18(25-20)24-15-5-3-14(4-6-15)17-12-23-13-30-17/h3-6,11-13H,2,7-10H2,1H3,(H3,22,24,25). The van der Waals surface area contributed by atoms with Crippen molar-refractivity contribution in [3.8, 4) is 17.2 Å². The van der Waals surface area contributed by atoms with Crippen LogP contribution in [0, 0.1) is 0 Å². The fourth-order valence-electron chi connectivity index (χ4n) is 3.21. The Morgan fingerprint density at radius 3 is 2.70 bits per heavy atom. The van der Waals surface area contributed by atoms with Crippen molar-refractivity contribution < 1.29 is 18.7 Å². The number of nitrogens with two attached hydrogens (primary N) is 1. The Bertz CT molecular complexity index is 999. The molecule has 30 heavy (non-hydrogen) atoms. The number of carbonyl (C=O) groups excluding carboxylic acids is 1. The zero-order valence-electron chi connectivity index (χ0n) is 16.6. The molecular weight excluding hydrogens is 386 g/mol. The van der Waals surface area contributed by atoms with Crippen molar-refractivity contribution in [2.75, 3.05) is 44.0 Å². The first-order valence-corrected chi connectivity index (χ1v) is 9.72. The van der Waals surface area contributed by atoms with E-state index in [1.54, 1.807) is 17.2 Å². The van der Waals surface area contributed by atoms with Gasteiger partial charge in [-0.2, -0.15) is 4.98 Å². The van der Waals surface area contributed by atoms with Crippen LogP contribution in [0.3, 0.4) is 0 Å². The van der Waals surface area contributed by atoms with Crippen LogP contribution in [0.4, 0.5) is 17.2 Å². The number of hydrogen-bond acceptors (Lipinski definition) is 8. The smallest absolute Gasteiger partial charge is 0.261 e. The Kier molecular flexibility index (Phi) is 5.80. The minimum absolute atomic E-state index is 0.199. The molecule has 0 bridgehead atoms. The molecule has 9 heteroatoms. The van der Waals surface area contributed by atoms with E-state index in [0.717, 1.165) is 11.3 Å². The molecule has 1 aromatic carbocycles. The maximum Gasteiger partial charge on any atom is 0.261 e. The zero-order chi connectivity index (χ0) is 20.9.